The van der Waals surface area contributed by atoms with Gasteiger partial charge in [0.1, 0.15) is 0 Å². The van der Waals surface area contributed by atoms with Crippen LogP contribution in [0, 0.1) is 13.8 Å². The van der Waals surface area contributed by atoms with Gasteiger partial charge in [-0.15, -0.1) is 0 Å². The molecule has 3 rings (SSSR count). The zero-order chi connectivity index (χ0) is 19.8. The van der Waals surface area contributed by atoms with Gasteiger partial charge in [-0.3, -0.25) is 4.68 Å². The molecule has 7 nitrogen and oxygen atoms in total. The highest BCUT2D eigenvalue weighted by molar-refractivity contribution is 5.79. The standard InChI is InChI=1S/C21H29N7/c1-4-22-21(23-11-5-13-27-18(3)15-17(2)26-27)24-16-19-7-9-20(10-8-19)28-14-6-12-25-28/h6-10,12,14-15H,4-5,11,13,16H2,1-3H3,(H2,22,23,24). The monoisotopic (exact) mass is 379 g/mol. The highest BCUT2D eigenvalue weighted by Crippen LogP contribution is 2.09. The molecule has 0 spiro atoms. The van der Waals surface area contributed by atoms with Crippen molar-refractivity contribution < 1.29 is 0 Å². The second-order valence-electron chi connectivity index (χ2n) is 6.74. The molecule has 0 saturated carbocycles. The number of rotatable bonds is 8. The van der Waals surface area contributed by atoms with Gasteiger partial charge in [-0.1, -0.05) is 12.1 Å². The van der Waals surface area contributed by atoms with Crippen molar-refractivity contribution in [3.63, 3.8) is 0 Å². The molecule has 0 saturated heterocycles. The molecule has 2 N–H and O–H groups in total. The maximum Gasteiger partial charge on any atom is 0.191 e. The predicted molar refractivity (Wildman–Crippen MR) is 113 cm³/mol. The van der Waals surface area contributed by atoms with E-state index in [4.69, 9.17) is 4.99 Å². The minimum atomic E-state index is 0.631. The molecule has 0 aliphatic rings. The first kappa shape index (κ1) is 19.7. The fourth-order valence-electron chi connectivity index (χ4n) is 3.02. The van der Waals surface area contributed by atoms with Crippen LogP contribution in [0.3, 0.4) is 0 Å². The molecule has 28 heavy (non-hydrogen) atoms. The van der Waals surface area contributed by atoms with Crippen LogP contribution in [-0.2, 0) is 13.1 Å². The number of hydrogen-bond donors (Lipinski definition) is 2. The number of nitrogens with zero attached hydrogens (tertiary/aromatic N) is 5. The summed E-state index contributed by atoms with van der Waals surface area (Å²) in [4.78, 5) is 4.69. The van der Waals surface area contributed by atoms with Crippen LogP contribution in [0.2, 0.25) is 0 Å². The summed E-state index contributed by atoms with van der Waals surface area (Å²) in [6.07, 6.45) is 4.71. The highest BCUT2D eigenvalue weighted by Gasteiger charge is 2.02. The zero-order valence-corrected chi connectivity index (χ0v) is 16.9. The van der Waals surface area contributed by atoms with Crippen LogP contribution in [-0.4, -0.2) is 38.6 Å². The lowest BCUT2D eigenvalue weighted by Crippen LogP contribution is -2.38. The first-order valence-corrected chi connectivity index (χ1v) is 9.78. The minimum absolute atomic E-state index is 0.631. The number of aryl methyl sites for hydroxylation is 3. The van der Waals surface area contributed by atoms with Crippen molar-refractivity contribution in [1.29, 1.82) is 0 Å². The number of aliphatic imine (C=N–C) groups is 1. The Labute approximate surface area is 166 Å². The summed E-state index contributed by atoms with van der Waals surface area (Å²) < 4.78 is 3.91. The maximum atomic E-state index is 4.69. The second kappa shape index (κ2) is 9.73. The van der Waals surface area contributed by atoms with Gasteiger partial charge in [0.15, 0.2) is 5.96 Å². The van der Waals surface area contributed by atoms with E-state index in [2.05, 4.69) is 69.7 Å². The largest absolute Gasteiger partial charge is 0.357 e. The quantitative estimate of drug-likeness (QED) is 0.359. The number of benzene rings is 1. The van der Waals surface area contributed by atoms with Gasteiger partial charge in [-0.2, -0.15) is 10.2 Å². The molecule has 0 atom stereocenters. The van der Waals surface area contributed by atoms with E-state index < -0.39 is 0 Å². The smallest absolute Gasteiger partial charge is 0.191 e. The van der Waals surface area contributed by atoms with Gasteiger partial charge in [0.25, 0.3) is 0 Å². The summed E-state index contributed by atoms with van der Waals surface area (Å²) in [5.74, 6) is 0.840. The second-order valence-corrected chi connectivity index (χ2v) is 6.74. The van der Waals surface area contributed by atoms with E-state index in [9.17, 15) is 0 Å². The van der Waals surface area contributed by atoms with E-state index in [1.54, 1.807) is 6.20 Å². The van der Waals surface area contributed by atoms with Crippen molar-refractivity contribution in [2.75, 3.05) is 13.1 Å². The van der Waals surface area contributed by atoms with Crippen molar-refractivity contribution in [2.45, 2.75) is 40.3 Å². The Balaban J connectivity index is 1.50. The van der Waals surface area contributed by atoms with Crippen molar-refractivity contribution in [1.82, 2.24) is 30.2 Å². The van der Waals surface area contributed by atoms with E-state index in [1.165, 1.54) is 5.69 Å². The first-order chi connectivity index (χ1) is 13.7. The highest BCUT2D eigenvalue weighted by atomic mass is 15.3. The van der Waals surface area contributed by atoms with Gasteiger partial charge < -0.3 is 10.6 Å². The topological polar surface area (TPSA) is 72.1 Å². The van der Waals surface area contributed by atoms with Gasteiger partial charge in [0, 0.05) is 37.7 Å². The van der Waals surface area contributed by atoms with Crippen LogP contribution < -0.4 is 10.6 Å². The van der Waals surface area contributed by atoms with E-state index in [0.29, 0.717) is 6.54 Å². The van der Waals surface area contributed by atoms with Crippen LogP contribution in [0.25, 0.3) is 5.69 Å². The molecule has 0 fully saturated rings. The molecule has 2 aromatic heterocycles. The Bertz CT molecular complexity index is 876. The average molecular weight is 380 g/mol. The summed E-state index contributed by atoms with van der Waals surface area (Å²) in [5.41, 5.74) is 4.48. The van der Waals surface area contributed by atoms with E-state index in [-0.39, 0.29) is 0 Å². The summed E-state index contributed by atoms with van der Waals surface area (Å²) >= 11 is 0. The molecule has 3 aromatic rings. The molecule has 0 radical (unpaired) electrons. The Morgan fingerprint density at radius 3 is 2.61 bits per heavy atom. The SMILES string of the molecule is CCNC(=NCc1ccc(-n2cccn2)cc1)NCCCn1nc(C)cc1C. The Morgan fingerprint density at radius 2 is 1.96 bits per heavy atom. The van der Waals surface area contributed by atoms with E-state index in [1.807, 2.05) is 23.9 Å². The lowest BCUT2D eigenvalue weighted by molar-refractivity contribution is 0.555. The molecule has 0 aliphatic heterocycles. The fraction of sp³-hybridized carbons (Fsp3) is 0.381. The number of hydrogen-bond acceptors (Lipinski definition) is 3. The number of aromatic nitrogens is 4. The molecule has 148 valence electrons. The number of nitrogens with one attached hydrogen (secondary N) is 2. The molecular weight excluding hydrogens is 350 g/mol. The summed E-state index contributed by atoms with van der Waals surface area (Å²) in [5, 5.41) is 15.5. The normalized spacial score (nSPS) is 11.6. The summed E-state index contributed by atoms with van der Waals surface area (Å²) in [6.45, 7) is 9.42. The van der Waals surface area contributed by atoms with E-state index in [0.717, 1.165) is 49.0 Å². The lowest BCUT2D eigenvalue weighted by atomic mass is 10.2. The van der Waals surface area contributed by atoms with Crippen LogP contribution in [0.5, 0.6) is 0 Å². The van der Waals surface area contributed by atoms with Crippen molar-refractivity contribution in [3.05, 3.63) is 65.7 Å². The van der Waals surface area contributed by atoms with Crippen LogP contribution in [0.4, 0.5) is 0 Å². The maximum absolute atomic E-state index is 4.69. The molecule has 1 aromatic carbocycles. The van der Waals surface area contributed by atoms with Gasteiger partial charge >= 0.3 is 0 Å². The van der Waals surface area contributed by atoms with Gasteiger partial charge in [-0.05, 0) is 57.0 Å². The van der Waals surface area contributed by atoms with Crippen LogP contribution in [0.1, 0.15) is 30.3 Å². The van der Waals surface area contributed by atoms with Crippen LogP contribution >= 0.6 is 0 Å². The van der Waals surface area contributed by atoms with E-state index >= 15 is 0 Å². The van der Waals surface area contributed by atoms with Gasteiger partial charge in [0.2, 0.25) is 0 Å². The lowest BCUT2D eigenvalue weighted by Gasteiger charge is -2.12. The number of guanidine groups is 1. The molecule has 0 aliphatic carbocycles. The van der Waals surface area contributed by atoms with Crippen LogP contribution in [0.15, 0.2) is 53.8 Å². The molecule has 0 unspecified atom stereocenters. The third-order valence-corrected chi connectivity index (χ3v) is 4.41. The Hall–Kier alpha value is -3.09. The van der Waals surface area contributed by atoms with Gasteiger partial charge in [0.05, 0.1) is 17.9 Å². The fourth-order valence-corrected chi connectivity index (χ4v) is 3.02. The van der Waals surface area contributed by atoms with Gasteiger partial charge in [-0.25, -0.2) is 9.67 Å². The molecule has 7 heteroatoms. The summed E-state index contributed by atoms with van der Waals surface area (Å²) in [7, 11) is 0. The average Bonchev–Trinajstić information content (AvgIpc) is 3.33. The van der Waals surface area contributed by atoms with Crippen molar-refractivity contribution in [2.24, 2.45) is 4.99 Å². The zero-order valence-electron chi connectivity index (χ0n) is 16.9. The predicted octanol–water partition coefficient (Wildman–Crippen LogP) is 2.83. The third kappa shape index (κ3) is 5.45. The molecular formula is C21H29N7. The Morgan fingerprint density at radius 1 is 1.14 bits per heavy atom. The van der Waals surface area contributed by atoms with Crippen molar-refractivity contribution in [3.8, 4) is 5.69 Å². The summed E-state index contributed by atoms with van der Waals surface area (Å²) in [6, 6.07) is 12.3. The third-order valence-electron chi connectivity index (χ3n) is 4.41. The molecule has 2 heterocycles. The first-order valence-electron chi connectivity index (χ1n) is 9.78. The Kier molecular flexibility index (Phi) is 6.84. The minimum Gasteiger partial charge on any atom is -0.357 e. The van der Waals surface area contributed by atoms with Crippen molar-refractivity contribution >= 4 is 5.96 Å². The molecule has 0 amide bonds. The molecule has 0 bridgehead atoms.